The van der Waals surface area contributed by atoms with E-state index in [0.717, 1.165) is 13.0 Å². The van der Waals surface area contributed by atoms with Crippen molar-refractivity contribution in [2.45, 2.75) is 44.8 Å². The fraction of sp³-hybridized carbons (Fsp3) is 0.632. The molecule has 0 aromatic heterocycles. The summed E-state index contributed by atoms with van der Waals surface area (Å²) in [7, 11) is 2.10. The average Bonchev–Trinajstić information content (AvgIpc) is 3.14. The van der Waals surface area contributed by atoms with Gasteiger partial charge in [0.2, 0.25) is 5.91 Å². The van der Waals surface area contributed by atoms with Gasteiger partial charge in [-0.15, -0.1) is 0 Å². The van der Waals surface area contributed by atoms with Crippen LogP contribution in [0.1, 0.15) is 31.7 Å². The summed E-state index contributed by atoms with van der Waals surface area (Å²) in [6.07, 6.45) is 3.55. The molecule has 2 aliphatic rings. The predicted octanol–water partition coefficient (Wildman–Crippen LogP) is 2.00. The second kappa shape index (κ2) is 7.02. The minimum atomic E-state index is 0.0420. The van der Waals surface area contributed by atoms with Gasteiger partial charge in [0, 0.05) is 25.2 Å². The van der Waals surface area contributed by atoms with Gasteiger partial charge in [0.15, 0.2) is 0 Å². The zero-order valence-corrected chi connectivity index (χ0v) is 14.2. The van der Waals surface area contributed by atoms with Crippen molar-refractivity contribution in [2.75, 3.05) is 13.6 Å². The molecule has 3 N–H and O–H groups in total. The van der Waals surface area contributed by atoms with Gasteiger partial charge >= 0.3 is 0 Å². The molecule has 3 rings (SSSR count). The van der Waals surface area contributed by atoms with Gasteiger partial charge in [-0.05, 0) is 50.6 Å². The first kappa shape index (κ1) is 16.5. The fourth-order valence-corrected chi connectivity index (χ4v) is 4.27. The molecule has 2 aliphatic carbocycles. The number of carbonyl (C=O) groups excluding carboxylic acids is 1. The molecule has 23 heavy (non-hydrogen) atoms. The van der Waals surface area contributed by atoms with Crippen LogP contribution in [0.25, 0.3) is 0 Å². The summed E-state index contributed by atoms with van der Waals surface area (Å²) >= 11 is 0. The largest absolute Gasteiger partial charge is 0.354 e. The van der Waals surface area contributed by atoms with Crippen LogP contribution in [0, 0.1) is 17.8 Å². The van der Waals surface area contributed by atoms with E-state index in [1.165, 1.54) is 18.4 Å². The van der Waals surface area contributed by atoms with Gasteiger partial charge in [0.25, 0.3) is 0 Å². The van der Waals surface area contributed by atoms with Crippen molar-refractivity contribution in [2.24, 2.45) is 23.5 Å². The van der Waals surface area contributed by atoms with E-state index in [9.17, 15) is 4.79 Å². The van der Waals surface area contributed by atoms with E-state index in [1.807, 2.05) is 6.07 Å². The van der Waals surface area contributed by atoms with Crippen molar-refractivity contribution in [1.29, 1.82) is 0 Å². The fourth-order valence-electron chi connectivity index (χ4n) is 4.27. The molecule has 0 saturated heterocycles. The van der Waals surface area contributed by atoms with Gasteiger partial charge in [-0.1, -0.05) is 30.3 Å². The minimum Gasteiger partial charge on any atom is -0.354 e. The number of benzene rings is 1. The Balaban J connectivity index is 1.47. The maximum atomic E-state index is 12.5. The number of nitrogens with one attached hydrogen (secondary N) is 1. The van der Waals surface area contributed by atoms with Crippen molar-refractivity contribution in [1.82, 2.24) is 10.2 Å². The lowest BCUT2D eigenvalue weighted by atomic mass is 9.84. The zero-order chi connectivity index (χ0) is 16.4. The monoisotopic (exact) mass is 315 g/mol. The molecular weight excluding hydrogens is 286 g/mol. The summed E-state index contributed by atoms with van der Waals surface area (Å²) in [5.41, 5.74) is 7.56. The van der Waals surface area contributed by atoms with Crippen LogP contribution in [0.4, 0.5) is 0 Å². The van der Waals surface area contributed by atoms with Gasteiger partial charge < -0.3 is 11.1 Å². The molecule has 2 bridgehead atoms. The molecule has 4 heteroatoms. The first-order valence-electron chi connectivity index (χ1n) is 8.83. The molecule has 0 spiro atoms. The Bertz CT molecular complexity index is 531. The smallest absolute Gasteiger partial charge is 0.225 e. The van der Waals surface area contributed by atoms with E-state index < -0.39 is 0 Å². The number of amides is 1. The summed E-state index contributed by atoms with van der Waals surface area (Å²) in [5, 5.41) is 3.15. The molecule has 1 amide bonds. The zero-order valence-electron chi connectivity index (χ0n) is 14.2. The standard InChI is InChI=1S/C19H29N3O/c1-13(22(2)12-14-6-4-3-5-7-14)11-21-19(23)17-15-8-9-16(10-15)18(17)20/h3-7,13,15-18H,8-12,20H2,1-2H3,(H,21,23). The lowest BCUT2D eigenvalue weighted by molar-refractivity contribution is -0.127. The lowest BCUT2D eigenvalue weighted by Gasteiger charge is -2.29. The molecule has 1 aromatic rings. The van der Waals surface area contributed by atoms with Gasteiger partial charge in [-0.25, -0.2) is 0 Å². The number of fused-ring (bicyclic) bond motifs is 2. The van der Waals surface area contributed by atoms with Crippen LogP contribution in [0.15, 0.2) is 30.3 Å². The summed E-state index contributed by atoms with van der Waals surface area (Å²) in [6, 6.07) is 10.8. The van der Waals surface area contributed by atoms with Crippen LogP contribution < -0.4 is 11.1 Å². The first-order valence-corrected chi connectivity index (χ1v) is 8.83. The molecule has 1 aromatic carbocycles. The predicted molar refractivity (Wildman–Crippen MR) is 92.7 cm³/mol. The number of likely N-dealkylation sites (N-methyl/N-ethyl adjacent to an activating group) is 1. The molecule has 2 fully saturated rings. The quantitative estimate of drug-likeness (QED) is 0.844. The van der Waals surface area contributed by atoms with E-state index in [0.29, 0.717) is 24.4 Å². The number of hydrogen-bond donors (Lipinski definition) is 2. The highest BCUT2D eigenvalue weighted by molar-refractivity contribution is 5.80. The van der Waals surface area contributed by atoms with Crippen LogP contribution in [-0.2, 0) is 11.3 Å². The topological polar surface area (TPSA) is 58.4 Å². The van der Waals surface area contributed by atoms with Gasteiger partial charge in [-0.3, -0.25) is 9.69 Å². The Morgan fingerprint density at radius 3 is 2.65 bits per heavy atom. The van der Waals surface area contributed by atoms with Gasteiger partial charge in [-0.2, -0.15) is 0 Å². The summed E-state index contributed by atoms with van der Waals surface area (Å²) in [5.74, 6) is 1.31. The Morgan fingerprint density at radius 2 is 2.00 bits per heavy atom. The molecule has 0 radical (unpaired) electrons. The summed E-state index contributed by atoms with van der Waals surface area (Å²) < 4.78 is 0. The molecule has 4 nitrogen and oxygen atoms in total. The molecule has 5 unspecified atom stereocenters. The summed E-state index contributed by atoms with van der Waals surface area (Å²) in [6.45, 7) is 3.73. The molecule has 0 aliphatic heterocycles. The lowest BCUT2D eigenvalue weighted by Crippen LogP contribution is -2.48. The van der Waals surface area contributed by atoms with Crippen molar-refractivity contribution in [3.8, 4) is 0 Å². The average molecular weight is 315 g/mol. The van der Waals surface area contributed by atoms with Gasteiger partial charge in [0.1, 0.15) is 0 Å². The second-order valence-electron chi connectivity index (χ2n) is 7.43. The molecule has 126 valence electrons. The number of hydrogen-bond acceptors (Lipinski definition) is 3. The van der Waals surface area contributed by atoms with Crippen LogP contribution >= 0.6 is 0 Å². The van der Waals surface area contributed by atoms with Crippen molar-refractivity contribution in [3.63, 3.8) is 0 Å². The SMILES string of the molecule is CC(CNC(=O)C1C2CCC(C2)C1N)N(C)Cc1ccccc1. The third-order valence-electron chi connectivity index (χ3n) is 5.88. The molecule has 2 saturated carbocycles. The van der Waals surface area contributed by atoms with E-state index in [-0.39, 0.29) is 17.9 Å². The highest BCUT2D eigenvalue weighted by Gasteiger charge is 2.48. The number of rotatable bonds is 6. The van der Waals surface area contributed by atoms with Crippen LogP contribution in [0.5, 0.6) is 0 Å². The molecule has 0 heterocycles. The van der Waals surface area contributed by atoms with Crippen molar-refractivity contribution >= 4 is 5.91 Å². The van der Waals surface area contributed by atoms with Crippen molar-refractivity contribution in [3.05, 3.63) is 35.9 Å². The first-order chi connectivity index (χ1) is 11.1. The van der Waals surface area contributed by atoms with E-state index in [2.05, 4.69) is 48.5 Å². The summed E-state index contributed by atoms with van der Waals surface area (Å²) in [4.78, 5) is 14.8. The third-order valence-corrected chi connectivity index (χ3v) is 5.88. The van der Waals surface area contributed by atoms with E-state index in [1.54, 1.807) is 0 Å². The maximum Gasteiger partial charge on any atom is 0.225 e. The number of nitrogens with zero attached hydrogens (tertiary/aromatic N) is 1. The van der Waals surface area contributed by atoms with Gasteiger partial charge in [0.05, 0.1) is 5.92 Å². The highest BCUT2D eigenvalue weighted by atomic mass is 16.2. The maximum absolute atomic E-state index is 12.5. The highest BCUT2D eigenvalue weighted by Crippen LogP contribution is 2.47. The Hall–Kier alpha value is -1.39. The number of carbonyl (C=O) groups is 1. The normalized spacial score (nSPS) is 30.6. The Kier molecular flexibility index (Phi) is 5.02. The van der Waals surface area contributed by atoms with Crippen molar-refractivity contribution < 1.29 is 4.79 Å². The van der Waals surface area contributed by atoms with Crippen LogP contribution in [-0.4, -0.2) is 36.5 Å². The minimum absolute atomic E-state index is 0.0420. The second-order valence-corrected chi connectivity index (χ2v) is 7.43. The Morgan fingerprint density at radius 1 is 1.30 bits per heavy atom. The van der Waals surface area contributed by atoms with Crippen LogP contribution in [0.3, 0.4) is 0 Å². The van der Waals surface area contributed by atoms with E-state index in [4.69, 9.17) is 5.73 Å². The number of nitrogens with two attached hydrogens (primary N) is 1. The molecular formula is C19H29N3O. The van der Waals surface area contributed by atoms with Crippen LogP contribution in [0.2, 0.25) is 0 Å². The third kappa shape index (κ3) is 3.59. The molecule has 5 atom stereocenters. The Labute approximate surface area is 139 Å². The van der Waals surface area contributed by atoms with E-state index >= 15 is 0 Å².